The van der Waals surface area contributed by atoms with Gasteiger partial charge in [-0.05, 0) is 51.5 Å². The molecule has 0 aromatic heterocycles. The molecule has 0 aromatic rings. The minimum atomic E-state index is -4.04. The Morgan fingerprint density at radius 3 is 2.16 bits per heavy atom. The molecule has 5 heteroatoms. The summed E-state index contributed by atoms with van der Waals surface area (Å²) in [6.45, 7) is 3.11. The van der Waals surface area contributed by atoms with Crippen molar-refractivity contribution in [3.8, 4) is 0 Å². The highest BCUT2D eigenvalue weighted by atomic mass is 19.4. The van der Waals surface area contributed by atoms with Crippen LogP contribution in [0.3, 0.4) is 0 Å². The van der Waals surface area contributed by atoms with Crippen LogP contribution in [0, 0.1) is 0 Å². The molecule has 110 valence electrons. The number of piperidine rings is 1. The minimum Gasteiger partial charge on any atom is -0.314 e. The van der Waals surface area contributed by atoms with Gasteiger partial charge in [0.15, 0.2) is 0 Å². The molecule has 1 saturated carbocycles. The quantitative estimate of drug-likeness (QED) is 0.849. The van der Waals surface area contributed by atoms with E-state index in [0.717, 1.165) is 38.6 Å². The van der Waals surface area contributed by atoms with Crippen LogP contribution in [-0.4, -0.2) is 41.3 Å². The largest absolute Gasteiger partial charge is 0.406 e. The van der Waals surface area contributed by atoms with E-state index in [1.165, 1.54) is 0 Å². The van der Waals surface area contributed by atoms with Crippen LogP contribution in [-0.2, 0) is 0 Å². The van der Waals surface area contributed by atoms with Crippen molar-refractivity contribution in [1.29, 1.82) is 0 Å². The first-order valence-corrected chi connectivity index (χ1v) is 7.56. The number of halogens is 3. The van der Waals surface area contributed by atoms with Crippen molar-refractivity contribution < 1.29 is 13.2 Å². The summed E-state index contributed by atoms with van der Waals surface area (Å²) in [5.74, 6) is 0. The second-order valence-electron chi connectivity index (χ2n) is 6.44. The summed E-state index contributed by atoms with van der Waals surface area (Å²) < 4.78 is 39.9. The molecule has 0 spiro atoms. The third-order valence-electron chi connectivity index (χ3n) is 5.16. The van der Waals surface area contributed by atoms with Crippen LogP contribution < -0.4 is 5.32 Å². The van der Waals surface area contributed by atoms with E-state index in [1.54, 1.807) is 0 Å². The number of hydrogen-bond donors (Lipinski definition) is 1. The van der Waals surface area contributed by atoms with Crippen molar-refractivity contribution >= 4 is 0 Å². The Kier molecular flexibility index (Phi) is 3.33. The Balaban J connectivity index is 1.70. The van der Waals surface area contributed by atoms with Crippen molar-refractivity contribution in [2.45, 2.75) is 81.7 Å². The van der Waals surface area contributed by atoms with Crippen LogP contribution in [0.5, 0.6) is 0 Å². The second kappa shape index (κ2) is 4.62. The highest BCUT2D eigenvalue weighted by Gasteiger charge is 2.70. The van der Waals surface area contributed by atoms with Gasteiger partial charge in [0.25, 0.3) is 0 Å². The summed E-state index contributed by atoms with van der Waals surface area (Å²) in [4.78, 5) is 1.86. The maximum Gasteiger partial charge on any atom is 0.406 e. The molecule has 3 fully saturated rings. The lowest BCUT2D eigenvalue weighted by Gasteiger charge is -2.45. The van der Waals surface area contributed by atoms with E-state index < -0.39 is 11.7 Å². The lowest BCUT2D eigenvalue weighted by molar-refractivity contribution is -0.208. The van der Waals surface area contributed by atoms with Crippen molar-refractivity contribution in [2.24, 2.45) is 0 Å². The summed E-state index contributed by atoms with van der Waals surface area (Å²) in [6, 6.07) is 0.729. The van der Waals surface area contributed by atoms with Crippen LogP contribution in [0.15, 0.2) is 0 Å². The van der Waals surface area contributed by atoms with Gasteiger partial charge in [-0.2, -0.15) is 13.2 Å². The van der Waals surface area contributed by atoms with E-state index in [2.05, 4.69) is 12.2 Å². The fourth-order valence-corrected chi connectivity index (χ4v) is 4.20. The number of hydrogen-bond acceptors (Lipinski definition) is 2. The molecule has 0 aromatic carbocycles. The normalized spacial score (nSPS) is 37.6. The molecular formula is C14H23F3N2. The minimum absolute atomic E-state index is 0.150. The molecule has 2 aliphatic heterocycles. The monoisotopic (exact) mass is 276 g/mol. The average Bonchev–Trinajstić information content (AvgIpc) is 3.10. The molecule has 19 heavy (non-hydrogen) atoms. The van der Waals surface area contributed by atoms with Crippen molar-refractivity contribution in [3.05, 3.63) is 0 Å². The molecule has 2 atom stereocenters. The van der Waals surface area contributed by atoms with Gasteiger partial charge >= 0.3 is 6.18 Å². The van der Waals surface area contributed by atoms with E-state index in [-0.39, 0.29) is 12.1 Å². The number of rotatable bonds is 4. The standard InChI is InChI=1S/C14H23F3N2/c1-2-7-18-10-8-11-3-4-12(9-10)19(11)13(5-6-13)14(15,16)17/h10-12,18H,2-9H2,1H3. The zero-order chi connectivity index (χ0) is 13.7. The van der Waals surface area contributed by atoms with Gasteiger partial charge in [-0.25, -0.2) is 0 Å². The average molecular weight is 276 g/mol. The molecule has 2 nitrogen and oxygen atoms in total. The Hall–Kier alpha value is -0.290. The zero-order valence-electron chi connectivity index (χ0n) is 11.5. The second-order valence-corrected chi connectivity index (χ2v) is 6.44. The predicted octanol–water partition coefficient (Wildman–Crippen LogP) is 3.08. The molecule has 2 bridgehead atoms. The Morgan fingerprint density at radius 2 is 1.74 bits per heavy atom. The van der Waals surface area contributed by atoms with Crippen LogP contribution >= 0.6 is 0 Å². The molecule has 0 amide bonds. The highest BCUT2D eigenvalue weighted by molar-refractivity contribution is 5.16. The third-order valence-corrected chi connectivity index (χ3v) is 5.16. The first-order chi connectivity index (χ1) is 8.98. The van der Waals surface area contributed by atoms with Gasteiger partial charge in [0, 0.05) is 18.1 Å². The summed E-state index contributed by atoms with van der Waals surface area (Å²) in [7, 11) is 0. The van der Waals surface area contributed by atoms with Crippen LogP contribution in [0.1, 0.15) is 51.9 Å². The Morgan fingerprint density at radius 1 is 1.16 bits per heavy atom. The van der Waals surface area contributed by atoms with E-state index >= 15 is 0 Å². The van der Waals surface area contributed by atoms with Crippen molar-refractivity contribution in [3.63, 3.8) is 0 Å². The molecule has 3 aliphatic rings. The fourth-order valence-electron chi connectivity index (χ4n) is 4.20. The van der Waals surface area contributed by atoms with Crippen LogP contribution in [0.25, 0.3) is 0 Å². The zero-order valence-corrected chi connectivity index (χ0v) is 11.5. The fraction of sp³-hybridized carbons (Fsp3) is 1.00. The van der Waals surface area contributed by atoms with Crippen LogP contribution in [0.4, 0.5) is 13.2 Å². The summed E-state index contributed by atoms with van der Waals surface area (Å²) in [5, 5.41) is 3.50. The molecule has 2 unspecified atom stereocenters. The van der Waals surface area contributed by atoms with E-state index in [1.807, 2.05) is 4.90 Å². The number of fused-ring (bicyclic) bond motifs is 2. The first kappa shape index (κ1) is 13.7. The van der Waals surface area contributed by atoms with Crippen LogP contribution in [0.2, 0.25) is 0 Å². The van der Waals surface area contributed by atoms with Gasteiger partial charge in [0.1, 0.15) is 5.54 Å². The number of nitrogens with one attached hydrogen (secondary N) is 1. The summed E-state index contributed by atoms with van der Waals surface area (Å²) in [5.41, 5.74) is -1.45. The summed E-state index contributed by atoms with van der Waals surface area (Å²) in [6.07, 6.45) is 1.37. The van der Waals surface area contributed by atoms with Gasteiger partial charge in [0.2, 0.25) is 0 Å². The molecule has 3 rings (SSSR count). The topological polar surface area (TPSA) is 15.3 Å². The van der Waals surface area contributed by atoms with Gasteiger partial charge in [-0.15, -0.1) is 0 Å². The molecule has 0 radical (unpaired) electrons. The van der Waals surface area contributed by atoms with Gasteiger partial charge < -0.3 is 5.32 Å². The Bertz CT molecular complexity index is 324. The molecular weight excluding hydrogens is 253 g/mol. The lowest BCUT2D eigenvalue weighted by Crippen LogP contribution is -2.58. The SMILES string of the molecule is CCCNC1CC2CCC(C1)N2C1(C(F)(F)F)CC1. The number of nitrogens with zero attached hydrogens (tertiary/aromatic N) is 1. The highest BCUT2D eigenvalue weighted by Crippen LogP contribution is 2.58. The third kappa shape index (κ3) is 2.19. The molecule has 1 aliphatic carbocycles. The predicted molar refractivity (Wildman–Crippen MR) is 68.0 cm³/mol. The number of alkyl halides is 3. The van der Waals surface area contributed by atoms with Gasteiger partial charge in [-0.1, -0.05) is 6.92 Å². The molecule has 2 saturated heterocycles. The lowest BCUT2D eigenvalue weighted by atomic mass is 9.94. The maximum absolute atomic E-state index is 13.3. The van der Waals surface area contributed by atoms with Crippen molar-refractivity contribution in [2.75, 3.05) is 6.54 Å². The van der Waals surface area contributed by atoms with E-state index in [0.29, 0.717) is 18.9 Å². The van der Waals surface area contributed by atoms with Gasteiger partial charge in [-0.3, -0.25) is 4.90 Å². The smallest absolute Gasteiger partial charge is 0.314 e. The Labute approximate surface area is 112 Å². The maximum atomic E-state index is 13.3. The van der Waals surface area contributed by atoms with E-state index in [4.69, 9.17) is 0 Å². The van der Waals surface area contributed by atoms with Crippen molar-refractivity contribution in [1.82, 2.24) is 10.2 Å². The summed E-state index contributed by atoms with van der Waals surface area (Å²) >= 11 is 0. The first-order valence-electron chi connectivity index (χ1n) is 7.56. The molecule has 2 heterocycles. The molecule has 1 N–H and O–H groups in total. The van der Waals surface area contributed by atoms with E-state index in [9.17, 15) is 13.2 Å². The van der Waals surface area contributed by atoms with Gasteiger partial charge in [0.05, 0.1) is 0 Å².